The van der Waals surface area contributed by atoms with Crippen LogP contribution in [-0.2, 0) is 0 Å². The summed E-state index contributed by atoms with van der Waals surface area (Å²) in [4.78, 5) is 56.1. The maximum absolute atomic E-state index is 13.2. The number of carbonyl (C=O) groups is 4. The zero-order chi connectivity index (χ0) is 23.9. The van der Waals surface area contributed by atoms with E-state index in [0.717, 1.165) is 19.5 Å². The number of imide groups is 2. The molecule has 0 radical (unpaired) electrons. The lowest BCUT2D eigenvalue weighted by atomic mass is 9.82. The fourth-order valence-corrected chi connectivity index (χ4v) is 6.63. The number of amides is 4. The van der Waals surface area contributed by atoms with Crippen LogP contribution in [0, 0.1) is 6.92 Å². The molecule has 0 bridgehead atoms. The third-order valence-corrected chi connectivity index (χ3v) is 8.72. The van der Waals surface area contributed by atoms with E-state index in [1.807, 2.05) is 31.2 Å². The van der Waals surface area contributed by atoms with Crippen LogP contribution >= 0.6 is 22.7 Å². The van der Waals surface area contributed by atoms with Crippen molar-refractivity contribution in [3.8, 4) is 20.9 Å². The summed E-state index contributed by atoms with van der Waals surface area (Å²) in [5.41, 5.74) is 2.39. The van der Waals surface area contributed by atoms with Crippen molar-refractivity contribution in [2.75, 3.05) is 0 Å². The third kappa shape index (κ3) is 2.85. The fourth-order valence-electron chi connectivity index (χ4n) is 4.71. The molecule has 0 unspecified atom stereocenters. The normalized spacial score (nSPS) is 14.7. The highest BCUT2D eigenvalue weighted by atomic mass is 32.1. The summed E-state index contributed by atoms with van der Waals surface area (Å²) in [5, 5.41) is 5.66. The lowest BCUT2D eigenvalue weighted by Crippen LogP contribution is -2.39. The smallest absolute Gasteiger partial charge is 0.259 e. The molecule has 0 spiro atoms. The van der Waals surface area contributed by atoms with Gasteiger partial charge in [0.2, 0.25) is 0 Å². The minimum absolute atomic E-state index is 0.292. The van der Waals surface area contributed by atoms with E-state index in [9.17, 15) is 19.2 Å². The molecule has 2 aromatic heterocycles. The molecule has 4 amide bonds. The van der Waals surface area contributed by atoms with Gasteiger partial charge in [0.1, 0.15) is 0 Å². The van der Waals surface area contributed by atoms with E-state index in [2.05, 4.69) is 24.5 Å². The van der Waals surface area contributed by atoms with Crippen LogP contribution < -0.4 is 10.6 Å². The van der Waals surface area contributed by atoms with Gasteiger partial charge in [0.05, 0.1) is 11.1 Å². The molecule has 4 aromatic rings. The molecule has 6 rings (SSSR count). The topological polar surface area (TPSA) is 92.3 Å². The van der Waals surface area contributed by atoms with Crippen LogP contribution in [0.4, 0.5) is 0 Å². The average molecular weight is 487 g/mol. The van der Waals surface area contributed by atoms with Gasteiger partial charge in [-0.2, -0.15) is 0 Å². The van der Waals surface area contributed by atoms with Gasteiger partial charge in [0.15, 0.2) is 0 Å². The minimum Gasteiger partial charge on any atom is -0.288 e. The summed E-state index contributed by atoms with van der Waals surface area (Å²) in [5.74, 6) is -1.81. The molecule has 34 heavy (non-hydrogen) atoms. The molecular formula is C26H18N2O4S2. The predicted molar refractivity (Wildman–Crippen MR) is 133 cm³/mol. The maximum Gasteiger partial charge on any atom is 0.259 e. The number of nitrogens with one attached hydrogen (secondary N) is 2. The van der Waals surface area contributed by atoms with E-state index >= 15 is 0 Å². The van der Waals surface area contributed by atoms with Crippen LogP contribution in [0.5, 0.6) is 0 Å². The minimum atomic E-state index is -0.533. The third-order valence-electron chi connectivity index (χ3n) is 6.27. The second kappa shape index (κ2) is 7.19. The first-order chi connectivity index (χ1) is 16.2. The van der Waals surface area contributed by atoms with Crippen LogP contribution in [0.1, 0.15) is 71.0 Å². The molecule has 0 saturated carbocycles. The number of rotatable bonds is 3. The van der Waals surface area contributed by atoms with Crippen molar-refractivity contribution < 1.29 is 19.2 Å². The van der Waals surface area contributed by atoms with Gasteiger partial charge in [-0.1, -0.05) is 13.8 Å². The first-order valence-corrected chi connectivity index (χ1v) is 12.4. The highest BCUT2D eigenvalue weighted by Crippen LogP contribution is 2.45. The van der Waals surface area contributed by atoms with Gasteiger partial charge in [-0.15, -0.1) is 22.7 Å². The van der Waals surface area contributed by atoms with Crippen LogP contribution in [0.3, 0.4) is 0 Å². The van der Waals surface area contributed by atoms with Crippen LogP contribution in [0.15, 0.2) is 36.4 Å². The maximum atomic E-state index is 13.2. The Morgan fingerprint density at radius 2 is 1.15 bits per heavy atom. The van der Waals surface area contributed by atoms with Crippen LogP contribution in [-0.4, -0.2) is 23.6 Å². The zero-order valence-electron chi connectivity index (χ0n) is 18.5. The van der Waals surface area contributed by atoms with E-state index in [1.165, 1.54) is 11.3 Å². The van der Waals surface area contributed by atoms with E-state index in [4.69, 9.17) is 0 Å². The van der Waals surface area contributed by atoms with Crippen molar-refractivity contribution in [3.63, 3.8) is 0 Å². The Morgan fingerprint density at radius 1 is 0.647 bits per heavy atom. The largest absolute Gasteiger partial charge is 0.288 e. The first kappa shape index (κ1) is 20.9. The lowest BCUT2D eigenvalue weighted by molar-refractivity contribution is 0.0824. The lowest BCUT2D eigenvalue weighted by Gasteiger charge is -2.26. The summed E-state index contributed by atoms with van der Waals surface area (Å²) in [7, 11) is 0. The summed E-state index contributed by atoms with van der Waals surface area (Å²) < 4.78 is 0. The molecule has 6 nitrogen and oxygen atoms in total. The molecule has 2 aromatic carbocycles. The average Bonchev–Trinajstić information content (AvgIpc) is 3.44. The first-order valence-electron chi connectivity index (χ1n) is 10.8. The van der Waals surface area contributed by atoms with Crippen molar-refractivity contribution in [2.24, 2.45) is 0 Å². The van der Waals surface area contributed by atoms with E-state index in [-0.39, 0.29) is 0 Å². The van der Waals surface area contributed by atoms with Crippen LogP contribution in [0.25, 0.3) is 31.7 Å². The molecule has 0 aliphatic carbocycles. The van der Waals surface area contributed by atoms with Crippen molar-refractivity contribution in [1.82, 2.24) is 10.6 Å². The monoisotopic (exact) mass is 486 g/mol. The van der Waals surface area contributed by atoms with Crippen molar-refractivity contribution in [2.45, 2.75) is 26.7 Å². The Labute approximate surface area is 202 Å². The molecule has 0 fully saturated rings. The molecule has 2 aliphatic heterocycles. The summed E-state index contributed by atoms with van der Waals surface area (Å²) in [6, 6.07) is 11.1. The Morgan fingerprint density at radius 3 is 1.59 bits per heavy atom. The number of aryl methyl sites for hydroxylation is 1. The predicted octanol–water partition coefficient (Wildman–Crippen LogP) is 5.50. The number of benzene rings is 2. The molecule has 4 heterocycles. The summed E-state index contributed by atoms with van der Waals surface area (Å²) in [6.45, 7) is 6.14. The van der Waals surface area contributed by atoms with Gasteiger partial charge in [-0.3, -0.25) is 29.8 Å². The molecule has 2 N–H and O–H groups in total. The van der Waals surface area contributed by atoms with E-state index in [0.29, 0.717) is 50.1 Å². The Hall–Kier alpha value is -3.62. The van der Waals surface area contributed by atoms with Crippen molar-refractivity contribution in [1.29, 1.82) is 0 Å². The summed E-state index contributed by atoms with van der Waals surface area (Å²) >= 11 is 3.05. The van der Waals surface area contributed by atoms with Crippen molar-refractivity contribution >= 4 is 57.1 Å². The number of carbonyl (C=O) groups excluding carboxylic acids is 4. The fraction of sp³-hybridized carbons (Fsp3) is 0.154. The van der Waals surface area contributed by atoms with Gasteiger partial charge in [0, 0.05) is 52.5 Å². The van der Waals surface area contributed by atoms with Crippen LogP contribution in [0.2, 0.25) is 0 Å². The summed E-state index contributed by atoms with van der Waals surface area (Å²) in [6.07, 6.45) is 0. The highest BCUT2D eigenvalue weighted by Gasteiger charge is 2.37. The second-order valence-electron chi connectivity index (χ2n) is 8.78. The Bertz CT molecular complexity index is 1620. The molecule has 168 valence electrons. The highest BCUT2D eigenvalue weighted by molar-refractivity contribution is 7.16. The van der Waals surface area contributed by atoms with Gasteiger partial charge >= 0.3 is 0 Å². The molecule has 0 atom stereocenters. The quantitative estimate of drug-likeness (QED) is 0.374. The number of thiophene rings is 2. The van der Waals surface area contributed by atoms with Gasteiger partial charge in [-0.25, -0.2) is 0 Å². The molecular weight excluding hydrogens is 468 g/mol. The van der Waals surface area contributed by atoms with E-state index in [1.54, 1.807) is 23.5 Å². The standard InChI is InChI=1S/C26H18N2O4S2/c1-10(2)16-6-7-18(34-16)13-9-15-19-20-14(23(29)28-26(32)22(13)20)8-12(17-5-4-11(3)33-17)21(19)25(31)27-24(15)30/h4-10H,1-3H3,(H,27,30,31)(H,28,29,32). The molecule has 0 saturated heterocycles. The second-order valence-corrected chi connectivity index (χ2v) is 11.2. The van der Waals surface area contributed by atoms with Gasteiger partial charge in [-0.05, 0) is 49.2 Å². The number of hydrogen-bond donors (Lipinski definition) is 2. The molecule has 8 heteroatoms. The number of hydrogen-bond acceptors (Lipinski definition) is 6. The van der Waals surface area contributed by atoms with Crippen molar-refractivity contribution in [3.05, 3.63) is 68.4 Å². The SMILES string of the molecule is Cc1ccc(-c2cc3c4c(c(-c5ccc(C(C)C)s5)cc5c4c2C(=O)NC5=O)C(=O)NC3=O)s1. The van der Waals surface area contributed by atoms with E-state index < -0.39 is 23.6 Å². The Kier molecular flexibility index (Phi) is 4.43. The molecule has 2 aliphatic rings. The van der Waals surface area contributed by atoms with Gasteiger partial charge < -0.3 is 0 Å². The Balaban J connectivity index is 1.79. The van der Waals surface area contributed by atoms with Gasteiger partial charge in [0.25, 0.3) is 23.6 Å². The zero-order valence-corrected chi connectivity index (χ0v) is 20.1.